The zero-order valence-corrected chi connectivity index (χ0v) is 12.5. The molecule has 0 saturated carbocycles. The Hall–Kier alpha value is -2.41. The molecule has 1 heterocycles. The molecule has 1 atom stereocenters. The van der Waals surface area contributed by atoms with E-state index in [1.54, 1.807) is 23.3 Å². The summed E-state index contributed by atoms with van der Waals surface area (Å²) in [5.41, 5.74) is 5.75. The summed E-state index contributed by atoms with van der Waals surface area (Å²) in [7, 11) is 1.70. The Balaban J connectivity index is 2.23. The second kappa shape index (κ2) is 5.92. The minimum Gasteiger partial charge on any atom is -0.393 e. The van der Waals surface area contributed by atoms with E-state index in [1.807, 2.05) is 24.4 Å². The van der Waals surface area contributed by atoms with Crippen LogP contribution in [-0.4, -0.2) is 22.8 Å². The van der Waals surface area contributed by atoms with Crippen LogP contribution in [0, 0.1) is 10.1 Å². The molecule has 1 aromatic heterocycles. The van der Waals surface area contributed by atoms with Crippen molar-refractivity contribution >= 4 is 28.6 Å². The molecule has 2 N–H and O–H groups in total. The Morgan fingerprint density at radius 1 is 1.43 bits per heavy atom. The van der Waals surface area contributed by atoms with Gasteiger partial charge in [-0.05, 0) is 30.5 Å². The minimum atomic E-state index is -0.568. The monoisotopic (exact) mass is 305 g/mol. The van der Waals surface area contributed by atoms with Crippen LogP contribution in [0.15, 0.2) is 35.7 Å². The van der Waals surface area contributed by atoms with E-state index in [-0.39, 0.29) is 23.3 Å². The Morgan fingerprint density at radius 3 is 2.67 bits per heavy atom. The van der Waals surface area contributed by atoms with Crippen molar-refractivity contribution in [1.82, 2.24) is 4.90 Å². The van der Waals surface area contributed by atoms with Crippen LogP contribution in [0.1, 0.15) is 28.2 Å². The maximum Gasteiger partial charge on any atom is 0.292 e. The maximum absolute atomic E-state index is 12.4. The third-order valence-electron chi connectivity index (χ3n) is 3.33. The molecule has 0 fully saturated rings. The molecule has 6 nitrogen and oxygen atoms in total. The Bertz CT molecular complexity index is 670. The van der Waals surface area contributed by atoms with E-state index in [1.165, 1.54) is 18.2 Å². The second-order valence-corrected chi connectivity index (χ2v) is 5.62. The molecule has 110 valence electrons. The Kier molecular flexibility index (Phi) is 4.23. The van der Waals surface area contributed by atoms with E-state index < -0.39 is 4.92 Å². The van der Waals surface area contributed by atoms with E-state index in [2.05, 4.69) is 0 Å². The predicted octanol–water partition coefficient (Wildman–Crippen LogP) is 3.07. The molecule has 2 rings (SSSR count). The molecule has 1 aromatic carbocycles. The summed E-state index contributed by atoms with van der Waals surface area (Å²) in [6.07, 6.45) is 0. The quantitative estimate of drug-likeness (QED) is 0.534. The summed E-state index contributed by atoms with van der Waals surface area (Å²) in [5, 5.41) is 12.7. The van der Waals surface area contributed by atoms with Gasteiger partial charge in [-0.15, -0.1) is 11.3 Å². The molecule has 0 aliphatic rings. The number of rotatable bonds is 4. The number of nitrogen functional groups attached to an aromatic ring is 1. The normalized spacial score (nSPS) is 11.9. The average molecular weight is 305 g/mol. The number of hydrogen-bond donors (Lipinski definition) is 1. The van der Waals surface area contributed by atoms with Gasteiger partial charge in [0.1, 0.15) is 5.69 Å². The minimum absolute atomic E-state index is 0.0111. The van der Waals surface area contributed by atoms with Crippen molar-refractivity contribution in [3.63, 3.8) is 0 Å². The third kappa shape index (κ3) is 3.03. The molecule has 0 aliphatic heterocycles. The first-order valence-corrected chi connectivity index (χ1v) is 7.14. The predicted molar refractivity (Wildman–Crippen MR) is 82.3 cm³/mol. The maximum atomic E-state index is 12.4. The summed E-state index contributed by atoms with van der Waals surface area (Å²) in [6.45, 7) is 1.93. The number of nitro groups is 1. The highest BCUT2D eigenvalue weighted by Crippen LogP contribution is 2.27. The third-order valence-corrected chi connectivity index (χ3v) is 4.37. The number of hydrogen-bond acceptors (Lipinski definition) is 5. The first-order chi connectivity index (χ1) is 9.91. The number of carbonyl (C=O) groups is 1. The van der Waals surface area contributed by atoms with Gasteiger partial charge in [0.05, 0.1) is 11.0 Å². The van der Waals surface area contributed by atoms with Gasteiger partial charge in [-0.25, -0.2) is 0 Å². The Morgan fingerprint density at radius 2 is 2.14 bits per heavy atom. The highest BCUT2D eigenvalue weighted by molar-refractivity contribution is 7.10. The van der Waals surface area contributed by atoms with Crippen LogP contribution in [0.25, 0.3) is 0 Å². The topological polar surface area (TPSA) is 89.5 Å². The standard InChI is InChI=1S/C14H15N3O3S/c1-9(13-4-3-7-21-13)16(2)14(18)10-5-6-12(17(19)20)11(15)8-10/h3-9H,15H2,1-2H3. The number of amides is 1. The van der Waals surface area contributed by atoms with Crippen LogP contribution in [0.3, 0.4) is 0 Å². The van der Waals surface area contributed by atoms with Crippen molar-refractivity contribution < 1.29 is 9.72 Å². The number of benzene rings is 1. The summed E-state index contributed by atoms with van der Waals surface area (Å²) in [6, 6.07) is 7.84. The summed E-state index contributed by atoms with van der Waals surface area (Å²) >= 11 is 1.57. The lowest BCUT2D eigenvalue weighted by Crippen LogP contribution is -2.29. The van der Waals surface area contributed by atoms with E-state index in [9.17, 15) is 14.9 Å². The van der Waals surface area contributed by atoms with Gasteiger partial charge in [-0.2, -0.15) is 0 Å². The van der Waals surface area contributed by atoms with E-state index in [4.69, 9.17) is 5.73 Å². The molecule has 0 aliphatic carbocycles. The number of thiophene rings is 1. The van der Waals surface area contributed by atoms with Crippen LogP contribution in [0.4, 0.5) is 11.4 Å². The number of carbonyl (C=O) groups excluding carboxylic acids is 1. The molecule has 0 spiro atoms. The number of anilines is 1. The zero-order valence-electron chi connectivity index (χ0n) is 11.6. The fourth-order valence-electron chi connectivity index (χ4n) is 1.95. The van der Waals surface area contributed by atoms with Crippen molar-refractivity contribution in [1.29, 1.82) is 0 Å². The van der Waals surface area contributed by atoms with Gasteiger partial charge in [0.15, 0.2) is 0 Å². The molecule has 0 saturated heterocycles. The molecule has 0 radical (unpaired) electrons. The lowest BCUT2D eigenvalue weighted by atomic mass is 10.1. The lowest BCUT2D eigenvalue weighted by Gasteiger charge is -2.24. The molecule has 7 heteroatoms. The van der Waals surface area contributed by atoms with E-state index >= 15 is 0 Å². The van der Waals surface area contributed by atoms with Crippen molar-refractivity contribution in [3.8, 4) is 0 Å². The average Bonchev–Trinajstić information content (AvgIpc) is 2.98. The highest BCUT2D eigenvalue weighted by atomic mass is 32.1. The molecule has 21 heavy (non-hydrogen) atoms. The van der Waals surface area contributed by atoms with Gasteiger partial charge < -0.3 is 10.6 Å². The molecule has 0 bridgehead atoms. The van der Waals surface area contributed by atoms with Gasteiger partial charge >= 0.3 is 0 Å². The zero-order chi connectivity index (χ0) is 15.6. The summed E-state index contributed by atoms with van der Waals surface area (Å²) in [4.78, 5) is 25.2. The van der Waals surface area contributed by atoms with Crippen molar-refractivity contribution in [2.45, 2.75) is 13.0 Å². The number of nitro benzene ring substituents is 1. The van der Waals surface area contributed by atoms with Gasteiger partial charge in [0.25, 0.3) is 11.6 Å². The SMILES string of the molecule is CC(c1cccs1)N(C)C(=O)c1ccc([N+](=O)[O-])c(N)c1. The van der Waals surface area contributed by atoms with E-state index in [0.717, 1.165) is 4.88 Å². The van der Waals surface area contributed by atoms with Gasteiger partial charge in [0, 0.05) is 23.6 Å². The molecular formula is C14H15N3O3S. The van der Waals surface area contributed by atoms with Crippen molar-refractivity contribution in [3.05, 3.63) is 56.3 Å². The second-order valence-electron chi connectivity index (χ2n) is 4.64. The van der Waals surface area contributed by atoms with Crippen molar-refractivity contribution in [2.24, 2.45) is 0 Å². The van der Waals surface area contributed by atoms with Crippen molar-refractivity contribution in [2.75, 3.05) is 12.8 Å². The van der Waals surface area contributed by atoms with E-state index in [0.29, 0.717) is 5.56 Å². The smallest absolute Gasteiger partial charge is 0.292 e. The molecule has 1 unspecified atom stereocenters. The molecular weight excluding hydrogens is 290 g/mol. The number of nitrogens with zero attached hydrogens (tertiary/aromatic N) is 2. The van der Waals surface area contributed by atoms with Gasteiger partial charge in [-0.3, -0.25) is 14.9 Å². The van der Waals surface area contributed by atoms with Crippen LogP contribution in [0.2, 0.25) is 0 Å². The van der Waals surface area contributed by atoms with Crippen LogP contribution in [-0.2, 0) is 0 Å². The largest absolute Gasteiger partial charge is 0.393 e. The van der Waals surface area contributed by atoms with Gasteiger partial charge in [-0.1, -0.05) is 6.07 Å². The number of nitrogens with two attached hydrogens (primary N) is 1. The fourth-order valence-corrected chi connectivity index (χ4v) is 2.78. The fraction of sp³-hybridized carbons (Fsp3) is 0.214. The van der Waals surface area contributed by atoms with Crippen LogP contribution in [0.5, 0.6) is 0 Å². The molecule has 2 aromatic rings. The summed E-state index contributed by atoms with van der Waals surface area (Å²) in [5.74, 6) is -0.225. The lowest BCUT2D eigenvalue weighted by molar-refractivity contribution is -0.383. The highest BCUT2D eigenvalue weighted by Gasteiger charge is 2.21. The van der Waals surface area contributed by atoms with Crippen LogP contribution >= 0.6 is 11.3 Å². The van der Waals surface area contributed by atoms with Gasteiger partial charge in [0.2, 0.25) is 0 Å². The first kappa shape index (κ1) is 15.0. The van der Waals surface area contributed by atoms with Crippen LogP contribution < -0.4 is 5.73 Å². The Labute approximate surface area is 126 Å². The molecule has 1 amide bonds. The first-order valence-electron chi connectivity index (χ1n) is 6.26. The summed E-state index contributed by atoms with van der Waals surface area (Å²) < 4.78 is 0.